The molecule has 0 amide bonds. The summed E-state index contributed by atoms with van der Waals surface area (Å²) >= 11 is 0. The molecule has 2 aromatic rings. The minimum Gasteiger partial charge on any atom is -0.444 e. The number of pyridine rings is 1. The molecule has 4 rings (SSSR count). The van der Waals surface area contributed by atoms with E-state index in [1.807, 2.05) is 25.3 Å². The first kappa shape index (κ1) is 21.8. The van der Waals surface area contributed by atoms with E-state index in [1.165, 1.54) is 0 Å². The van der Waals surface area contributed by atoms with Crippen LogP contribution in [0.3, 0.4) is 0 Å². The number of aromatic nitrogens is 2. The van der Waals surface area contributed by atoms with Gasteiger partial charge in [0.15, 0.2) is 0 Å². The summed E-state index contributed by atoms with van der Waals surface area (Å²) in [4.78, 5) is 14.9. The fourth-order valence-electron chi connectivity index (χ4n) is 4.19. The van der Waals surface area contributed by atoms with Crippen molar-refractivity contribution in [2.24, 2.45) is 4.99 Å². The van der Waals surface area contributed by atoms with Crippen LogP contribution >= 0.6 is 0 Å². The molecule has 2 aliphatic rings. The summed E-state index contributed by atoms with van der Waals surface area (Å²) in [5.74, 6) is 0.838. The standard InChI is InChI=1S/C23H30N5O2S/c1-4-5-18(23(8-9-23)31(24)29)14-21(28-12-13-30-15-16(28)2)27-17(3)19-6-10-25-22-20(19)7-11-26-22/h5-7,10-11,14,16,24H,4,8-9,12-13,15H2,1-3H3,(H,25,26)/q-1/b18-5-,21-14+,27-17?. The van der Waals surface area contributed by atoms with Crippen LogP contribution in [0.1, 0.15) is 45.6 Å². The Morgan fingerprint density at radius 3 is 2.97 bits per heavy atom. The fraction of sp³-hybridized carbons (Fsp3) is 0.478. The predicted octanol–water partition coefficient (Wildman–Crippen LogP) is 4.53. The van der Waals surface area contributed by atoms with E-state index in [9.17, 15) is 4.21 Å². The lowest BCUT2D eigenvalue weighted by molar-refractivity contribution is 0.0164. The van der Waals surface area contributed by atoms with Gasteiger partial charge in [-0.1, -0.05) is 31.4 Å². The Morgan fingerprint density at radius 2 is 2.29 bits per heavy atom. The molecule has 2 N–H and O–H groups in total. The molecule has 2 fully saturated rings. The maximum Gasteiger partial charge on any atom is 0.137 e. The molecule has 0 bridgehead atoms. The number of ether oxygens (including phenoxy) is 1. The lowest BCUT2D eigenvalue weighted by Gasteiger charge is -2.36. The Morgan fingerprint density at radius 1 is 1.48 bits per heavy atom. The number of morpholine rings is 1. The van der Waals surface area contributed by atoms with Crippen LogP contribution in [0.25, 0.3) is 11.0 Å². The maximum atomic E-state index is 12.3. The van der Waals surface area contributed by atoms with E-state index in [1.54, 1.807) is 6.20 Å². The van der Waals surface area contributed by atoms with Gasteiger partial charge in [-0.05, 0) is 43.2 Å². The fourth-order valence-corrected chi connectivity index (χ4v) is 5.01. The summed E-state index contributed by atoms with van der Waals surface area (Å²) in [7, 11) is -1.66. The Bertz CT molecular complexity index is 1120. The maximum absolute atomic E-state index is 12.3. The van der Waals surface area contributed by atoms with Crippen molar-refractivity contribution in [2.75, 3.05) is 19.8 Å². The van der Waals surface area contributed by atoms with Crippen LogP contribution in [0, 0.1) is 4.78 Å². The van der Waals surface area contributed by atoms with Gasteiger partial charge in [-0.3, -0.25) is 0 Å². The smallest absolute Gasteiger partial charge is 0.137 e. The lowest BCUT2D eigenvalue weighted by atomic mass is 10.1. The third kappa shape index (κ3) is 4.32. The van der Waals surface area contributed by atoms with Gasteiger partial charge in [0.05, 0.1) is 19.3 Å². The number of rotatable bonds is 7. The molecule has 1 saturated carbocycles. The molecule has 1 aliphatic carbocycles. The minimum atomic E-state index is -1.66. The van der Waals surface area contributed by atoms with Gasteiger partial charge in [-0.25, -0.2) is 9.98 Å². The SMILES string of the molecule is CC/C=C(/C=C(\N=C(C)c1ccnc2[nH]ccc12)N1CCOCC1C)C1([S-](=N)=O)CC1. The average Bonchev–Trinajstić information content (AvgIpc) is 3.43. The van der Waals surface area contributed by atoms with E-state index >= 15 is 0 Å². The summed E-state index contributed by atoms with van der Waals surface area (Å²) < 4.78 is 25.3. The van der Waals surface area contributed by atoms with Crippen molar-refractivity contribution in [1.82, 2.24) is 14.9 Å². The van der Waals surface area contributed by atoms with Crippen LogP contribution in [0.15, 0.2) is 53.1 Å². The summed E-state index contributed by atoms with van der Waals surface area (Å²) in [6, 6.07) is 4.18. The molecular weight excluding hydrogens is 410 g/mol. The number of allylic oxidation sites excluding steroid dienone is 2. The minimum absolute atomic E-state index is 0.181. The van der Waals surface area contributed by atoms with Crippen LogP contribution in [-0.2, 0) is 19.5 Å². The summed E-state index contributed by atoms with van der Waals surface area (Å²) in [5.41, 5.74) is 3.73. The second kappa shape index (κ2) is 8.96. The van der Waals surface area contributed by atoms with Gasteiger partial charge >= 0.3 is 0 Å². The number of nitrogens with zero attached hydrogens (tertiary/aromatic N) is 3. The second-order valence-electron chi connectivity index (χ2n) is 8.25. The molecule has 31 heavy (non-hydrogen) atoms. The van der Waals surface area contributed by atoms with E-state index in [0.29, 0.717) is 13.2 Å². The normalized spacial score (nSPS) is 22.4. The Labute approximate surface area is 185 Å². The van der Waals surface area contributed by atoms with Crippen LogP contribution in [0.4, 0.5) is 0 Å². The third-order valence-electron chi connectivity index (χ3n) is 6.09. The number of nitrogens with one attached hydrogen (secondary N) is 2. The highest BCUT2D eigenvalue weighted by Crippen LogP contribution is 2.47. The molecule has 8 heteroatoms. The van der Waals surface area contributed by atoms with Gasteiger partial charge in [0.1, 0.15) is 11.5 Å². The van der Waals surface area contributed by atoms with E-state index in [0.717, 1.165) is 59.5 Å². The van der Waals surface area contributed by atoms with E-state index in [-0.39, 0.29) is 6.04 Å². The molecular formula is C23H30N5O2S-. The topological polar surface area (TPSA) is 94.4 Å². The molecule has 1 saturated heterocycles. The summed E-state index contributed by atoms with van der Waals surface area (Å²) in [6.07, 6.45) is 10.2. The predicted molar refractivity (Wildman–Crippen MR) is 124 cm³/mol. The molecule has 1 unspecified atom stereocenters. The van der Waals surface area contributed by atoms with Gasteiger partial charge < -0.3 is 23.6 Å². The molecule has 0 spiro atoms. The summed E-state index contributed by atoms with van der Waals surface area (Å²) in [5, 5.41) is 1.04. The van der Waals surface area contributed by atoms with Crippen LogP contribution in [0.2, 0.25) is 0 Å². The van der Waals surface area contributed by atoms with E-state index < -0.39 is 15.3 Å². The van der Waals surface area contributed by atoms with Crippen molar-refractivity contribution >= 4 is 27.3 Å². The van der Waals surface area contributed by atoms with Crippen molar-refractivity contribution in [3.05, 3.63) is 53.6 Å². The molecule has 1 atom stereocenters. The number of aliphatic imine (C=N–C) groups is 1. The van der Waals surface area contributed by atoms with Crippen LogP contribution in [-0.4, -0.2) is 51.1 Å². The number of aromatic amines is 1. The molecule has 0 aromatic carbocycles. The summed E-state index contributed by atoms with van der Waals surface area (Å²) in [6.45, 7) is 8.26. The van der Waals surface area contributed by atoms with Gasteiger partial charge in [-0.2, -0.15) is 10.6 Å². The highest BCUT2D eigenvalue weighted by Gasteiger charge is 2.39. The van der Waals surface area contributed by atoms with Crippen molar-refractivity contribution in [3.63, 3.8) is 0 Å². The Balaban J connectivity index is 1.81. The zero-order chi connectivity index (χ0) is 22.0. The van der Waals surface area contributed by atoms with Crippen LogP contribution in [0.5, 0.6) is 0 Å². The Hall–Kier alpha value is -2.45. The third-order valence-corrected chi connectivity index (χ3v) is 7.44. The van der Waals surface area contributed by atoms with Gasteiger partial charge in [0.25, 0.3) is 0 Å². The molecule has 166 valence electrons. The van der Waals surface area contributed by atoms with Crippen molar-refractivity contribution < 1.29 is 8.95 Å². The highest BCUT2D eigenvalue weighted by atomic mass is 32.2. The van der Waals surface area contributed by atoms with Gasteiger partial charge in [0, 0.05) is 35.6 Å². The van der Waals surface area contributed by atoms with Crippen molar-refractivity contribution in [2.45, 2.75) is 50.8 Å². The largest absolute Gasteiger partial charge is 0.444 e. The first-order chi connectivity index (χ1) is 15.0. The zero-order valence-electron chi connectivity index (χ0n) is 18.4. The number of hydrogen-bond donors (Lipinski definition) is 2. The second-order valence-corrected chi connectivity index (χ2v) is 9.57. The average molecular weight is 441 g/mol. The lowest BCUT2D eigenvalue weighted by Crippen LogP contribution is -2.42. The molecule has 2 aromatic heterocycles. The number of H-pyrrole nitrogens is 1. The first-order valence-electron chi connectivity index (χ1n) is 10.8. The molecule has 7 nitrogen and oxygen atoms in total. The Kier molecular flexibility index (Phi) is 6.29. The van der Waals surface area contributed by atoms with Crippen LogP contribution < -0.4 is 0 Å². The van der Waals surface area contributed by atoms with Crippen molar-refractivity contribution in [3.8, 4) is 0 Å². The van der Waals surface area contributed by atoms with Gasteiger partial charge in [0.2, 0.25) is 0 Å². The van der Waals surface area contributed by atoms with E-state index in [2.05, 4.69) is 40.9 Å². The first-order valence-corrected chi connectivity index (χ1v) is 12.0. The molecule has 0 radical (unpaired) electrons. The molecule has 1 aliphatic heterocycles. The van der Waals surface area contributed by atoms with Gasteiger partial charge in [-0.15, -0.1) is 0 Å². The monoisotopic (exact) mass is 440 g/mol. The number of hydrogen-bond acceptors (Lipinski definition) is 7. The van der Waals surface area contributed by atoms with Crippen molar-refractivity contribution in [1.29, 1.82) is 4.78 Å². The zero-order valence-corrected chi connectivity index (χ0v) is 19.2. The quantitative estimate of drug-likeness (QED) is 0.376. The molecule has 3 heterocycles. The van der Waals surface area contributed by atoms with E-state index in [4.69, 9.17) is 14.5 Å². The highest BCUT2D eigenvalue weighted by molar-refractivity contribution is 7.75. The number of fused-ring (bicyclic) bond motifs is 1.